The summed E-state index contributed by atoms with van der Waals surface area (Å²) in [5.74, 6) is 0.553. The molecule has 0 amide bonds. The van der Waals surface area contributed by atoms with Crippen molar-refractivity contribution in [2.24, 2.45) is 11.3 Å². The maximum absolute atomic E-state index is 2.52. The molecule has 0 spiro atoms. The Kier molecular flexibility index (Phi) is 2.89. The summed E-state index contributed by atoms with van der Waals surface area (Å²) in [5, 5.41) is 0. The summed E-state index contributed by atoms with van der Waals surface area (Å²) < 4.78 is 0. The number of fused-ring (bicyclic) bond motifs is 4. The van der Waals surface area contributed by atoms with Gasteiger partial charge in [0.2, 0.25) is 0 Å². The largest absolute Gasteiger partial charge is 0.0735 e. The molecule has 126 valence electrons. The highest BCUT2D eigenvalue weighted by Crippen LogP contribution is 2.61. The fourth-order valence-corrected chi connectivity index (χ4v) is 5.96. The standard InChI is InChI=1S/C25H26/c1-16-12-22-23(13-16)25(4,15-24(22,2)3)21-11-7-10-19-18-9-6-5-8-17(18)14-20(19)21/h5-13,23H,14-15H2,1-4H3. The predicted octanol–water partition coefficient (Wildman–Crippen LogP) is 6.45. The van der Waals surface area contributed by atoms with Gasteiger partial charge in [0, 0.05) is 11.3 Å². The van der Waals surface area contributed by atoms with Gasteiger partial charge in [0.1, 0.15) is 0 Å². The molecule has 25 heavy (non-hydrogen) atoms. The van der Waals surface area contributed by atoms with E-state index in [1.165, 1.54) is 28.7 Å². The quantitative estimate of drug-likeness (QED) is 0.482. The summed E-state index contributed by atoms with van der Waals surface area (Å²) in [5.41, 5.74) is 11.1. The molecule has 3 aliphatic rings. The molecule has 0 heterocycles. The van der Waals surface area contributed by atoms with Crippen molar-refractivity contribution in [3.8, 4) is 11.1 Å². The molecule has 0 radical (unpaired) electrons. The lowest BCUT2D eigenvalue weighted by Gasteiger charge is -2.33. The van der Waals surface area contributed by atoms with E-state index in [9.17, 15) is 0 Å². The Morgan fingerprint density at radius 1 is 0.920 bits per heavy atom. The molecule has 0 aliphatic heterocycles. The number of rotatable bonds is 1. The molecule has 0 nitrogen and oxygen atoms in total. The van der Waals surface area contributed by atoms with E-state index in [0.29, 0.717) is 5.92 Å². The molecule has 0 aromatic heterocycles. The maximum Gasteiger partial charge on any atom is 0.00858 e. The SMILES string of the molecule is CC1=CC2C(=C1)C(C)(C)CC2(C)c1cccc2c1Cc1ccccc1-2. The lowest BCUT2D eigenvalue weighted by molar-refractivity contribution is 0.357. The molecule has 1 fully saturated rings. The Labute approximate surface area is 151 Å². The molecule has 0 N–H and O–H groups in total. The molecule has 0 bridgehead atoms. The summed E-state index contributed by atoms with van der Waals surface area (Å²) in [7, 11) is 0. The van der Waals surface area contributed by atoms with Crippen LogP contribution in [0.1, 0.15) is 50.8 Å². The summed E-state index contributed by atoms with van der Waals surface area (Å²) in [6.45, 7) is 9.63. The van der Waals surface area contributed by atoms with E-state index in [2.05, 4.69) is 82.3 Å². The first kappa shape index (κ1) is 15.2. The third-order valence-electron chi connectivity index (χ3n) is 6.89. The predicted molar refractivity (Wildman–Crippen MR) is 106 cm³/mol. The first-order valence-corrected chi connectivity index (χ1v) is 9.51. The zero-order chi connectivity index (χ0) is 17.4. The van der Waals surface area contributed by atoms with Gasteiger partial charge in [-0.15, -0.1) is 0 Å². The van der Waals surface area contributed by atoms with E-state index >= 15 is 0 Å². The van der Waals surface area contributed by atoms with E-state index in [-0.39, 0.29) is 10.8 Å². The Bertz CT molecular complexity index is 954. The topological polar surface area (TPSA) is 0 Å². The van der Waals surface area contributed by atoms with E-state index in [0.717, 1.165) is 6.42 Å². The van der Waals surface area contributed by atoms with E-state index in [1.54, 1.807) is 16.7 Å². The minimum absolute atomic E-state index is 0.195. The molecule has 0 heteroatoms. The molecule has 1 saturated carbocycles. The van der Waals surface area contributed by atoms with E-state index in [4.69, 9.17) is 0 Å². The van der Waals surface area contributed by atoms with Gasteiger partial charge in [-0.1, -0.05) is 86.5 Å². The van der Waals surface area contributed by atoms with E-state index < -0.39 is 0 Å². The fraction of sp³-hybridized carbons (Fsp3) is 0.360. The highest BCUT2D eigenvalue weighted by molar-refractivity contribution is 5.78. The molecule has 0 saturated heterocycles. The van der Waals surface area contributed by atoms with Gasteiger partial charge in [0.25, 0.3) is 0 Å². The van der Waals surface area contributed by atoms with Crippen molar-refractivity contribution in [2.75, 3.05) is 0 Å². The van der Waals surface area contributed by atoms with Crippen LogP contribution in [-0.2, 0) is 11.8 Å². The van der Waals surface area contributed by atoms with E-state index in [1.807, 2.05) is 0 Å². The van der Waals surface area contributed by atoms with Crippen LogP contribution in [0.5, 0.6) is 0 Å². The van der Waals surface area contributed by atoms with Crippen LogP contribution in [0.2, 0.25) is 0 Å². The van der Waals surface area contributed by atoms with Crippen molar-refractivity contribution >= 4 is 0 Å². The van der Waals surface area contributed by atoms with Crippen LogP contribution in [0.15, 0.2) is 65.8 Å². The van der Waals surface area contributed by atoms with Crippen LogP contribution in [0.25, 0.3) is 11.1 Å². The van der Waals surface area contributed by atoms with Crippen molar-refractivity contribution in [1.82, 2.24) is 0 Å². The third kappa shape index (κ3) is 1.94. The Hall–Kier alpha value is -2.08. The zero-order valence-corrected chi connectivity index (χ0v) is 15.7. The smallest absolute Gasteiger partial charge is 0.00858 e. The first-order valence-electron chi connectivity index (χ1n) is 9.51. The summed E-state index contributed by atoms with van der Waals surface area (Å²) in [6, 6.07) is 15.9. The van der Waals surface area contributed by atoms with Gasteiger partial charge in [-0.25, -0.2) is 0 Å². The second-order valence-electron chi connectivity index (χ2n) is 9.13. The van der Waals surface area contributed by atoms with Gasteiger partial charge in [-0.05, 0) is 53.0 Å². The normalized spacial score (nSPS) is 28.2. The van der Waals surface area contributed by atoms with Gasteiger partial charge >= 0.3 is 0 Å². The number of hydrogen-bond donors (Lipinski definition) is 0. The van der Waals surface area contributed by atoms with Crippen LogP contribution >= 0.6 is 0 Å². The first-order chi connectivity index (χ1) is 11.9. The average Bonchev–Trinajstić information content (AvgIpc) is 3.19. The fourth-order valence-electron chi connectivity index (χ4n) is 5.96. The van der Waals surface area contributed by atoms with Crippen molar-refractivity contribution in [3.63, 3.8) is 0 Å². The van der Waals surface area contributed by atoms with Crippen LogP contribution in [-0.4, -0.2) is 0 Å². The zero-order valence-electron chi connectivity index (χ0n) is 15.7. The van der Waals surface area contributed by atoms with Crippen molar-refractivity contribution in [1.29, 1.82) is 0 Å². The van der Waals surface area contributed by atoms with Crippen molar-refractivity contribution < 1.29 is 0 Å². The van der Waals surface area contributed by atoms with Crippen LogP contribution in [0.4, 0.5) is 0 Å². The Balaban J connectivity index is 1.70. The lowest BCUT2D eigenvalue weighted by atomic mass is 9.70. The van der Waals surface area contributed by atoms with Crippen molar-refractivity contribution in [2.45, 2.75) is 46.0 Å². The second kappa shape index (κ2) is 4.75. The molecule has 2 aromatic carbocycles. The van der Waals surface area contributed by atoms with Gasteiger partial charge in [0.15, 0.2) is 0 Å². The maximum atomic E-state index is 2.52. The van der Waals surface area contributed by atoms with Crippen LogP contribution < -0.4 is 0 Å². The highest BCUT2D eigenvalue weighted by atomic mass is 14.6. The van der Waals surface area contributed by atoms with Gasteiger partial charge < -0.3 is 0 Å². The molecule has 5 rings (SSSR count). The van der Waals surface area contributed by atoms with Gasteiger partial charge in [-0.2, -0.15) is 0 Å². The highest BCUT2D eigenvalue weighted by Gasteiger charge is 2.53. The number of benzene rings is 2. The average molecular weight is 326 g/mol. The van der Waals surface area contributed by atoms with Gasteiger partial charge in [-0.3, -0.25) is 0 Å². The number of allylic oxidation sites excluding steroid dienone is 4. The van der Waals surface area contributed by atoms with Gasteiger partial charge in [0.05, 0.1) is 0 Å². The van der Waals surface area contributed by atoms with Crippen LogP contribution in [0.3, 0.4) is 0 Å². The Morgan fingerprint density at radius 2 is 1.68 bits per heavy atom. The third-order valence-corrected chi connectivity index (χ3v) is 6.89. The lowest BCUT2D eigenvalue weighted by Crippen LogP contribution is -2.27. The molecular weight excluding hydrogens is 300 g/mol. The van der Waals surface area contributed by atoms with Crippen molar-refractivity contribution in [3.05, 3.63) is 82.5 Å². The molecular formula is C25H26. The molecule has 3 aliphatic carbocycles. The molecule has 2 aromatic rings. The molecule has 2 atom stereocenters. The Morgan fingerprint density at radius 3 is 2.52 bits per heavy atom. The molecule has 2 unspecified atom stereocenters. The summed E-state index contributed by atoms with van der Waals surface area (Å²) in [4.78, 5) is 0. The minimum Gasteiger partial charge on any atom is -0.0735 e. The second-order valence-corrected chi connectivity index (χ2v) is 9.13. The van der Waals surface area contributed by atoms with Crippen LogP contribution in [0, 0.1) is 11.3 Å². The summed E-state index contributed by atoms with van der Waals surface area (Å²) >= 11 is 0. The minimum atomic E-state index is 0.195. The summed E-state index contributed by atoms with van der Waals surface area (Å²) in [6.07, 6.45) is 7.29. The number of hydrogen-bond acceptors (Lipinski definition) is 0. The monoisotopic (exact) mass is 326 g/mol.